The Balaban J connectivity index is 2.05. The van der Waals surface area contributed by atoms with Gasteiger partial charge in [0.05, 0.1) is 12.8 Å². The minimum atomic E-state index is -2.83. The highest BCUT2D eigenvalue weighted by atomic mass is 19.3. The first-order valence-corrected chi connectivity index (χ1v) is 6.29. The Kier molecular flexibility index (Phi) is 4.79. The van der Waals surface area contributed by atoms with Crippen LogP contribution >= 0.6 is 0 Å². The van der Waals surface area contributed by atoms with Crippen molar-refractivity contribution in [3.63, 3.8) is 0 Å². The molecule has 0 aromatic heterocycles. The fraction of sp³-hybridized carbons (Fsp3) is 0.538. The van der Waals surface area contributed by atoms with Crippen molar-refractivity contribution in [2.24, 2.45) is 0 Å². The Morgan fingerprint density at radius 2 is 2.32 bits per heavy atom. The summed E-state index contributed by atoms with van der Waals surface area (Å²) in [7, 11) is 1.53. The summed E-state index contributed by atoms with van der Waals surface area (Å²) in [4.78, 5) is 0. The summed E-state index contributed by atoms with van der Waals surface area (Å²) in [5.74, 6) is 0.734. The largest absolute Gasteiger partial charge is 0.497 e. The van der Waals surface area contributed by atoms with E-state index in [1.165, 1.54) is 13.2 Å². The monoisotopic (exact) mass is 272 g/mol. The van der Waals surface area contributed by atoms with Gasteiger partial charge in [-0.2, -0.15) is 8.78 Å². The molecule has 1 fully saturated rings. The van der Waals surface area contributed by atoms with Gasteiger partial charge in [-0.15, -0.1) is 0 Å². The molecule has 19 heavy (non-hydrogen) atoms. The number of benzene rings is 1. The molecule has 1 aromatic rings. The van der Waals surface area contributed by atoms with Crippen molar-refractivity contribution in [1.82, 2.24) is 5.32 Å². The van der Waals surface area contributed by atoms with Gasteiger partial charge in [-0.25, -0.2) is 0 Å². The van der Waals surface area contributed by atoms with Crippen LogP contribution in [0.5, 0.6) is 11.5 Å². The van der Waals surface area contributed by atoms with Crippen LogP contribution in [0.4, 0.5) is 14.5 Å². The van der Waals surface area contributed by atoms with Crippen LogP contribution in [-0.2, 0) is 0 Å². The molecule has 1 heterocycles. The van der Waals surface area contributed by atoms with Crippen molar-refractivity contribution in [3.05, 3.63) is 18.2 Å². The van der Waals surface area contributed by atoms with Crippen LogP contribution in [0.2, 0.25) is 0 Å². The Morgan fingerprint density at radius 1 is 1.47 bits per heavy atom. The maximum atomic E-state index is 12.3. The smallest absolute Gasteiger partial charge is 0.387 e. The molecule has 1 aromatic carbocycles. The van der Waals surface area contributed by atoms with Gasteiger partial charge < -0.3 is 20.1 Å². The molecule has 0 spiro atoms. The number of alkyl halides is 2. The average molecular weight is 272 g/mol. The molecule has 0 bridgehead atoms. The summed E-state index contributed by atoms with van der Waals surface area (Å²) in [6.07, 6.45) is 2.23. The molecule has 0 saturated carbocycles. The fourth-order valence-corrected chi connectivity index (χ4v) is 2.14. The van der Waals surface area contributed by atoms with Crippen LogP contribution in [0.25, 0.3) is 0 Å². The Hall–Kier alpha value is -1.56. The van der Waals surface area contributed by atoms with E-state index >= 15 is 0 Å². The van der Waals surface area contributed by atoms with E-state index in [-0.39, 0.29) is 5.75 Å². The van der Waals surface area contributed by atoms with E-state index in [4.69, 9.17) is 4.74 Å². The lowest BCUT2D eigenvalue weighted by molar-refractivity contribution is -0.0493. The average Bonchev–Trinajstić information content (AvgIpc) is 2.90. The molecular formula is C13H18F2N2O2. The zero-order valence-electron chi connectivity index (χ0n) is 10.8. The highest BCUT2D eigenvalue weighted by molar-refractivity contribution is 5.59. The van der Waals surface area contributed by atoms with Crippen molar-refractivity contribution < 1.29 is 18.3 Å². The van der Waals surface area contributed by atoms with Gasteiger partial charge in [0.2, 0.25) is 0 Å². The van der Waals surface area contributed by atoms with Crippen LogP contribution in [0.3, 0.4) is 0 Å². The minimum absolute atomic E-state index is 0.133. The lowest BCUT2D eigenvalue weighted by Crippen LogP contribution is -2.29. The van der Waals surface area contributed by atoms with Crippen LogP contribution in [0.15, 0.2) is 18.2 Å². The quantitative estimate of drug-likeness (QED) is 0.835. The van der Waals surface area contributed by atoms with Crippen molar-refractivity contribution >= 4 is 5.69 Å². The normalized spacial score (nSPS) is 18.6. The molecular weight excluding hydrogens is 254 g/mol. The topological polar surface area (TPSA) is 42.5 Å². The number of nitrogens with one attached hydrogen (secondary N) is 2. The number of hydrogen-bond acceptors (Lipinski definition) is 4. The summed E-state index contributed by atoms with van der Waals surface area (Å²) in [5.41, 5.74) is 0.522. The van der Waals surface area contributed by atoms with E-state index in [2.05, 4.69) is 15.4 Å². The molecule has 1 unspecified atom stereocenters. The lowest BCUT2D eigenvalue weighted by atomic mass is 10.2. The van der Waals surface area contributed by atoms with Crippen molar-refractivity contribution in [3.8, 4) is 11.5 Å². The summed E-state index contributed by atoms with van der Waals surface area (Å²) in [5, 5.41) is 6.47. The molecule has 1 aliphatic heterocycles. The predicted octanol–water partition coefficient (Wildman–Crippen LogP) is 2.46. The van der Waals surface area contributed by atoms with Crippen LogP contribution in [0.1, 0.15) is 12.8 Å². The standard InChI is InChI=1S/C13H18F2N2O2/c1-18-10-4-5-12(19-13(14)15)11(7-10)17-8-9-3-2-6-16-9/h4-5,7,9,13,16-17H,2-3,6,8H2,1H3. The van der Waals surface area contributed by atoms with Gasteiger partial charge in [0, 0.05) is 18.7 Å². The second kappa shape index (κ2) is 6.56. The Labute approximate surface area is 111 Å². The van der Waals surface area contributed by atoms with E-state index in [1.807, 2.05) is 0 Å². The van der Waals surface area contributed by atoms with Crippen LogP contribution in [-0.4, -0.2) is 32.9 Å². The highest BCUT2D eigenvalue weighted by Crippen LogP contribution is 2.30. The van der Waals surface area contributed by atoms with Gasteiger partial charge in [0.25, 0.3) is 0 Å². The van der Waals surface area contributed by atoms with Crippen LogP contribution < -0.4 is 20.1 Å². The zero-order valence-corrected chi connectivity index (χ0v) is 10.8. The SMILES string of the molecule is COc1ccc(OC(F)F)c(NCC2CCCN2)c1. The van der Waals surface area contributed by atoms with E-state index in [9.17, 15) is 8.78 Å². The number of rotatable bonds is 6. The molecule has 1 atom stereocenters. The second-order valence-corrected chi connectivity index (χ2v) is 4.41. The molecule has 1 aliphatic rings. The van der Waals surface area contributed by atoms with Crippen LogP contribution in [0, 0.1) is 0 Å². The van der Waals surface area contributed by atoms with Crippen molar-refractivity contribution in [1.29, 1.82) is 0 Å². The molecule has 1 saturated heterocycles. The van der Waals surface area contributed by atoms with Gasteiger partial charge in [-0.05, 0) is 31.5 Å². The molecule has 0 radical (unpaired) electrons. The lowest BCUT2D eigenvalue weighted by Gasteiger charge is -2.16. The third-order valence-electron chi connectivity index (χ3n) is 3.10. The minimum Gasteiger partial charge on any atom is -0.497 e. The van der Waals surface area contributed by atoms with Gasteiger partial charge in [0.1, 0.15) is 11.5 Å². The van der Waals surface area contributed by atoms with Gasteiger partial charge >= 0.3 is 6.61 Å². The van der Waals surface area contributed by atoms with Crippen molar-refractivity contribution in [2.45, 2.75) is 25.5 Å². The molecule has 6 heteroatoms. The van der Waals surface area contributed by atoms with Gasteiger partial charge in [-0.3, -0.25) is 0 Å². The number of hydrogen-bond donors (Lipinski definition) is 2. The number of anilines is 1. The predicted molar refractivity (Wildman–Crippen MR) is 69.1 cm³/mol. The summed E-state index contributed by atoms with van der Waals surface area (Å²) in [6, 6.07) is 5.10. The summed E-state index contributed by atoms with van der Waals surface area (Å²) >= 11 is 0. The zero-order chi connectivity index (χ0) is 13.7. The van der Waals surface area contributed by atoms with E-state index in [0.717, 1.165) is 19.4 Å². The number of methoxy groups -OCH3 is 1. The summed E-state index contributed by atoms with van der Waals surface area (Å²) < 4.78 is 34.2. The second-order valence-electron chi connectivity index (χ2n) is 4.41. The Morgan fingerprint density at radius 3 is 2.95 bits per heavy atom. The third kappa shape index (κ3) is 3.96. The maximum absolute atomic E-state index is 12.3. The first-order chi connectivity index (χ1) is 9.19. The molecule has 106 valence electrons. The molecule has 4 nitrogen and oxygen atoms in total. The Bertz CT molecular complexity index is 410. The molecule has 0 aliphatic carbocycles. The number of halogens is 2. The van der Waals surface area contributed by atoms with E-state index in [1.54, 1.807) is 12.1 Å². The molecule has 2 rings (SSSR count). The fourth-order valence-electron chi connectivity index (χ4n) is 2.14. The van der Waals surface area contributed by atoms with Gasteiger partial charge in [0.15, 0.2) is 0 Å². The maximum Gasteiger partial charge on any atom is 0.387 e. The third-order valence-corrected chi connectivity index (χ3v) is 3.10. The van der Waals surface area contributed by atoms with E-state index in [0.29, 0.717) is 24.0 Å². The van der Waals surface area contributed by atoms with Crippen molar-refractivity contribution in [2.75, 3.05) is 25.5 Å². The van der Waals surface area contributed by atoms with Gasteiger partial charge in [-0.1, -0.05) is 0 Å². The first kappa shape index (κ1) is 13.9. The molecule has 0 amide bonds. The highest BCUT2D eigenvalue weighted by Gasteiger charge is 2.16. The first-order valence-electron chi connectivity index (χ1n) is 6.29. The summed E-state index contributed by atoms with van der Waals surface area (Å²) in [6.45, 7) is -1.16. The number of ether oxygens (including phenoxy) is 2. The molecule has 2 N–H and O–H groups in total. The van der Waals surface area contributed by atoms with E-state index < -0.39 is 6.61 Å².